The van der Waals surface area contributed by atoms with E-state index in [1.165, 1.54) is 0 Å². The maximum absolute atomic E-state index is 12.5. The van der Waals surface area contributed by atoms with Crippen LogP contribution in [-0.4, -0.2) is 51.8 Å². The molecule has 0 fully saturated rings. The van der Waals surface area contributed by atoms with Gasteiger partial charge in [-0.2, -0.15) is 13.2 Å². The van der Waals surface area contributed by atoms with E-state index in [9.17, 15) is 27.9 Å². The average Bonchev–Trinajstić information content (AvgIpc) is 2.64. The van der Waals surface area contributed by atoms with E-state index in [1.54, 1.807) is 13.8 Å². The van der Waals surface area contributed by atoms with Gasteiger partial charge in [-0.25, -0.2) is 14.8 Å². The standard InChI is InChI=1S/C17H25F3N4O4/c1-4-7-8-21-12-14(28-10-17(18,19)20)23-11(9-22-12)13(25)24-16(5-2,6-3)15(26)27/h9H,4-8,10H2,1-3H3,(H,21,22)(H,24,25)(H,26,27). The van der Waals surface area contributed by atoms with Crippen LogP contribution in [0.2, 0.25) is 0 Å². The van der Waals surface area contributed by atoms with Gasteiger partial charge in [0.05, 0.1) is 6.20 Å². The Morgan fingerprint density at radius 3 is 2.36 bits per heavy atom. The van der Waals surface area contributed by atoms with Gasteiger partial charge in [-0.1, -0.05) is 27.2 Å². The van der Waals surface area contributed by atoms with E-state index in [0.29, 0.717) is 6.54 Å². The number of anilines is 1. The molecule has 1 heterocycles. The van der Waals surface area contributed by atoms with Crippen molar-refractivity contribution in [2.24, 2.45) is 0 Å². The number of nitrogens with zero attached hydrogens (tertiary/aromatic N) is 2. The van der Waals surface area contributed by atoms with Crippen molar-refractivity contribution in [3.63, 3.8) is 0 Å². The molecule has 0 unspecified atom stereocenters. The lowest BCUT2D eigenvalue weighted by molar-refractivity contribution is -0.154. The number of unbranched alkanes of at least 4 members (excludes halogenated alkanes) is 1. The van der Waals surface area contributed by atoms with Crippen molar-refractivity contribution in [3.05, 3.63) is 11.9 Å². The van der Waals surface area contributed by atoms with E-state index in [-0.39, 0.29) is 24.4 Å². The van der Waals surface area contributed by atoms with Gasteiger partial charge in [-0.15, -0.1) is 0 Å². The first kappa shape index (κ1) is 23.4. The van der Waals surface area contributed by atoms with Crippen molar-refractivity contribution in [1.29, 1.82) is 0 Å². The summed E-state index contributed by atoms with van der Waals surface area (Å²) in [6.45, 7) is 3.98. The van der Waals surface area contributed by atoms with Crippen molar-refractivity contribution in [3.8, 4) is 5.88 Å². The Labute approximate surface area is 160 Å². The first-order valence-electron chi connectivity index (χ1n) is 8.94. The molecule has 3 N–H and O–H groups in total. The monoisotopic (exact) mass is 406 g/mol. The number of carboxylic acids is 1. The summed E-state index contributed by atoms with van der Waals surface area (Å²) in [6, 6.07) is 0. The summed E-state index contributed by atoms with van der Waals surface area (Å²) in [6.07, 6.45) is -1.70. The van der Waals surface area contributed by atoms with Crippen LogP contribution in [-0.2, 0) is 4.79 Å². The van der Waals surface area contributed by atoms with Gasteiger partial charge in [0.15, 0.2) is 18.1 Å². The summed E-state index contributed by atoms with van der Waals surface area (Å²) in [4.78, 5) is 31.7. The number of aliphatic carboxylic acids is 1. The minimum atomic E-state index is -4.59. The molecule has 0 aromatic carbocycles. The fourth-order valence-corrected chi connectivity index (χ4v) is 2.30. The maximum Gasteiger partial charge on any atom is 0.422 e. The Hall–Kier alpha value is -2.59. The predicted molar refractivity (Wildman–Crippen MR) is 95.4 cm³/mol. The minimum Gasteiger partial charge on any atom is -0.480 e. The second-order valence-electron chi connectivity index (χ2n) is 6.14. The number of amides is 1. The molecule has 0 radical (unpaired) electrons. The Morgan fingerprint density at radius 1 is 1.21 bits per heavy atom. The van der Waals surface area contributed by atoms with Gasteiger partial charge in [-0.05, 0) is 19.3 Å². The Morgan fingerprint density at radius 2 is 1.86 bits per heavy atom. The summed E-state index contributed by atoms with van der Waals surface area (Å²) < 4.78 is 42.2. The molecule has 0 saturated heterocycles. The van der Waals surface area contributed by atoms with Crippen LogP contribution in [0.3, 0.4) is 0 Å². The molecule has 1 aromatic rings. The fourth-order valence-electron chi connectivity index (χ4n) is 2.30. The summed E-state index contributed by atoms with van der Waals surface area (Å²) >= 11 is 0. The number of nitrogens with one attached hydrogen (secondary N) is 2. The zero-order valence-electron chi connectivity index (χ0n) is 16.0. The molecule has 0 aliphatic carbocycles. The molecule has 158 valence electrons. The average molecular weight is 406 g/mol. The van der Waals surface area contributed by atoms with Crippen LogP contribution in [0.4, 0.5) is 19.0 Å². The van der Waals surface area contributed by atoms with Gasteiger partial charge < -0.3 is 20.5 Å². The lowest BCUT2D eigenvalue weighted by Crippen LogP contribution is -2.53. The van der Waals surface area contributed by atoms with Gasteiger partial charge in [0.25, 0.3) is 11.8 Å². The molecule has 0 atom stereocenters. The van der Waals surface area contributed by atoms with Crippen LogP contribution in [0.25, 0.3) is 0 Å². The molecule has 0 spiro atoms. The van der Waals surface area contributed by atoms with Crippen LogP contribution < -0.4 is 15.4 Å². The second kappa shape index (κ2) is 10.1. The number of ether oxygens (including phenoxy) is 1. The maximum atomic E-state index is 12.5. The first-order valence-corrected chi connectivity index (χ1v) is 8.94. The van der Waals surface area contributed by atoms with Gasteiger partial charge in [-0.3, -0.25) is 4.79 Å². The van der Waals surface area contributed by atoms with E-state index in [2.05, 4.69) is 20.6 Å². The van der Waals surface area contributed by atoms with Crippen LogP contribution in [0.5, 0.6) is 5.88 Å². The molecule has 0 aliphatic rings. The summed E-state index contributed by atoms with van der Waals surface area (Å²) in [5.74, 6) is -2.58. The predicted octanol–water partition coefficient (Wildman–Crippen LogP) is 3.00. The summed E-state index contributed by atoms with van der Waals surface area (Å²) in [5, 5.41) is 14.6. The number of carboxylic acid groups (broad SMARTS) is 1. The van der Waals surface area contributed by atoms with E-state index in [4.69, 9.17) is 4.74 Å². The molecule has 0 aliphatic heterocycles. The van der Waals surface area contributed by atoms with Crippen molar-refractivity contribution in [2.75, 3.05) is 18.5 Å². The highest BCUT2D eigenvalue weighted by atomic mass is 19.4. The Kier molecular flexibility index (Phi) is 8.45. The number of alkyl halides is 3. The van der Waals surface area contributed by atoms with Crippen molar-refractivity contribution < 1.29 is 32.6 Å². The number of carbonyl (C=O) groups is 2. The zero-order chi connectivity index (χ0) is 21.4. The Bertz CT molecular complexity index is 679. The SMILES string of the molecule is CCCCNc1ncc(C(=O)NC(CC)(CC)C(=O)O)nc1OCC(F)(F)F. The Balaban J connectivity index is 3.11. The van der Waals surface area contributed by atoms with E-state index in [1.807, 2.05) is 6.92 Å². The van der Waals surface area contributed by atoms with Crippen LogP contribution in [0, 0.1) is 0 Å². The topological polar surface area (TPSA) is 113 Å². The molecule has 1 rings (SSSR count). The number of carbonyl (C=O) groups excluding carboxylic acids is 1. The first-order chi connectivity index (χ1) is 13.1. The molecule has 0 bridgehead atoms. The van der Waals surface area contributed by atoms with E-state index in [0.717, 1.165) is 19.0 Å². The number of halogens is 3. The van der Waals surface area contributed by atoms with Crippen LogP contribution in [0.1, 0.15) is 56.9 Å². The smallest absolute Gasteiger partial charge is 0.422 e. The number of aromatic nitrogens is 2. The van der Waals surface area contributed by atoms with Crippen molar-refractivity contribution >= 4 is 17.7 Å². The minimum absolute atomic E-state index is 0.0234. The highest BCUT2D eigenvalue weighted by Crippen LogP contribution is 2.24. The largest absolute Gasteiger partial charge is 0.480 e. The van der Waals surface area contributed by atoms with Gasteiger partial charge >= 0.3 is 12.1 Å². The van der Waals surface area contributed by atoms with Gasteiger partial charge in [0, 0.05) is 6.54 Å². The lowest BCUT2D eigenvalue weighted by Gasteiger charge is -2.27. The fraction of sp³-hybridized carbons (Fsp3) is 0.647. The summed E-state index contributed by atoms with van der Waals surface area (Å²) in [7, 11) is 0. The van der Waals surface area contributed by atoms with Gasteiger partial charge in [0.2, 0.25) is 0 Å². The van der Waals surface area contributed by atoms with E-state index < -0.39 is 36.1 Å². The van der Waals surface area contributed by atoms with Crippen LogP contribution in [0.15, 0.2) is 6.20 Å². The molecule has 8 nitrogen and oxygen atoms in total. The number of hydrogen-bond donors (Lipinski definition) is 3. The molecule has 11 heteroatoms. The highest BCUT2D eigenvalue weighted by Gasteiger charge is 2.37. The molecular formula is C17H25F3N4O4. The third kappa shape index (κ3) is 6.54. The number of rotatable bonds is 11. The normalized spacial score (nSPS) is 11.8. The molecule has 28 heavy (non-hydrogen) atoms. The van der Waals surface area contributed by atoms with Gasteiger partial charge in [0.1, 0.15) is 5.54 Å². The molecule has 0 saturated carbocycles. The van der Waals surface area contributed by atoms with Crippen molar-refractivity contribution in [2.45, 2.75) is 58.2 Å². The van der Waals surface area contributed by atoms with Crippen LogP contribution >= 0.6 is 0 Å². The third-order valence-electron chi connectivity index (χ3n) is 4.14. The summed E-state index contributed by atoms with van der Waals surface area (Å²) in [5.41, 5.74) is -1.85. The molecular weight excluding hydrogens is 381 g/mol. The lowest BCUT2D eigenvalue weighted by atomic mass is 9.93. The quantitative estimate of drug-likeness (QED) is 0.484. The highest BCUT2D eigenvalue weighted by molar-refractivity contribution is 5.96. The van der Waals surface area contributed by atoms with E-state index >= 15 is 0 Å². The second-order valence-corrected chi connectivity index (χ2v) is 6.14. The number of hydrogen-bond acceptors (Lipinski definition) is 6. The molecule has 1 amide bonds. The third-order valence-corrected chi connectivity index (χ3v) is 4.14. The van der Waals surface area contributed by atoms with Crippen molar-refractivity contribution in [1.82, 2.24) is 15.3 Å². The zero-order valence-corrected chi connectivity index (χ0v) is 16.0. The molecule has 1 aromatic heterocycles.